The predicted octanol–water partition coefficient (Wildman–Crippen LogP) is 5.55. The van der Waals surface area contributed by atoms with E-state index < -0.39 is 51.9 Å². The summed E-state index contributed by atoms with van der Waals surface area (Å²) in [5.41, 5.74) is -0.326. The first kappa shape index (κ1) is 32.2. The Morgan fingerprint density at radius 1 is 0.951 bits per heavy atom. The summed E-state index contributed by atoms with van der Waals surface area (Å²) in [6.07, 6.45) is -3.94. The Morgan fingerprint density at radius 2 is 1.59 bits per heavy atom. The van der Waals surface area contributed by atoms with Crippen molar-refractivity contribution < 1.29 is 31.2 Å². The van der Waals surface area contributed by atoms with Crippen LogP contribution in [0, 0.1) is 0 Å². The fourth-order valence-electron chi connectivity index (χ4n) is 4.11. The minimum Gasteiger partial charge on any atom is -0.355 e. The third-order valence-corrected chi connectivity index (χ3v) is 7.81. The van der Waals surface area contributed by atoms with Crippen LogP contribution in [0.5, 0.6) is 0 Å². The van der Waals surface area contributed by atoms with Gasteiger partial charge in [-0.3, -0.25) is 13.9 Å². The Bertz CT molecular complexity index is 1470. The molecule has 41 heavy (non-hydrogen) atoms. The number of amides is 2. The molecule has 0 spiro atoms. The maximum Gasteiger partial charge on any atom is 0.416 e. The number of nitrogens with zero attached hydrogens (tertiary/aromatic N) is 2. The van der Waals surface area contributed by atoms with Crippen molar-refractivity contribution in [3.8, 4) is 0 Å². The van der Waals surface area contributed by atoms with E-state index in [0.29, 0.717) is 27.0 Å². The van der Waals surface area contributed by atoms with Crippen molar-refractivity contribution >= 4 is 50.7 Å². The molecule has 0 aliphatic carbocycles. The second-order valence-corrected chi connectivity index (χ2v) is 11.9. The van der Waals surface area contributed by atoms with Crippen LogP contribution in [0.3, 0.4) is 0 Å². The molecule has 13 heteroatoms. The quantitative estimate of drug-likeness (QED) is 0.301. The number of benzene rings is 3. The topological polar surface area (TPSA) is 86.8 Å². The van der Waals surface area contributed by atoms with E-state index in [1.807, 2.05) is 0 Å². The number of rotatable bonds is 11. The van der Waals surface area contributed by atoms with Crippen molar-refractivity contribution in [3.05, 3.63) is 99.5 Å². The summed E-state index contributed by atoms with van der Waals surface area (Å²) >= 11 is 12.1. The SMILES string of the molecule is CCNC(=O)[C@@H](Cc1ccccc1)N(Cc1ccc(Cl)cc1)C(=O)CN(c1cc(C(F)(F)F)ccc1Cl)S(C)(=O)=O. The lowest BCUT2D eigenvalue weighted by molar-refractivity contribution is -0.140. The first-order valence-corrected chi connectivity index (χ1v) is 15.0. The van der Waals surface area contributed by atoms with Crippen LogP contribution < -0.4 is 9.62 Å². The van der Waals surface area contributed by atoms with Gasteiger partial charge in [0.25, 0.3) is 0 Å². The Hall–Kier alpha value is -3.28. The van der Waals surface area contributed by atoms with Crippen LogP contribution in [0.1, 0.15) is 23.6 Å². The molecule has 0 saturated carbocycles. The Balaban J connectivity index is 2.09. The van der Waals surface area contributed by atoms with Gasteiger partial charge in [0.1, 0.15) is 12.6 Å². The maximum atomic E-state index is 13.9. The van der Waals surface area contributed by atoms with E-state index >= 15 is 0 Å². The first-order valence-electron chi connectivity index (χ1n) is 12.4. The van der Waals surface area contributed by atoms with Gasteiger partial charge in [-0.15, -0.1) is 0 Å². The van der Waals surface area contributed by atoms with E-state index in [2.05, 4.69) is 5.32 Å². The van der Waals surface area contributed by atoms with Crippen LogP contribution in [-0.2, 0) is 38.8 Å². The highest BCUT2D eigenvalue weighted by atomic mass is 35.5. The van der Waals surface area contributed by atoms with Gasteiger partial charge in [0, 0.05) is 24.5 Å². The molecule has 0 saturated heterocycles. The third kappa shape index (κ3) is 8.85. The summed E-state index contributed by atoms with van der Waals surface area (Å²) in [4.78, 5) is 28.4. The van der Waals surface area contributed by atoms with Gasteiger partial charge in [-0.2, -0.15) is 13.2 Å². The number of carbonyl (C=O) groups is 2. The highest BCUT2D eigenvalue weighted by Gasteiger charge is 2.35. The van der Waals surface area contributed by atoms with Crippen LogP contribution in [0.25, 0.3) is 0 Å². The molecule has 0 fully saturated rings. The largest absolute Gasteiger partial charge is 0.416 e. The van der Waals surface area contributed by atoms with Crippen LogP contribution in [0.15, 0.2) is 72.8 Å². The molecule has 3 aromatic rings. The minimum atomic E-state index is -4.79. The molecular formula is C28H28Cl2F3N3O4S. The smallest absolute Gasteiger partial charge is 0.355 e. The van der Waals surface area contributed by atoms with Crippen molar-refractivity contribution in [1.29, 1.82) is 0 Å². The average molecular weight is 631 g/mol. The lowest BCUT2D eigenvalue weighted by Gasteiger charge is -2.33. The molecule has 0 heterocycles. The van der Waals surface area contributed by atoms with E-state index in [1.165, 1.54) is 4.90 Å². The molecule has 7 nitrogen and oxygen atoms in total. The fraction of sp³-hybridized carbons (Fsp3) is 0.286. The Kier molecular flexibility index (Phi) is 10.7. The van der Waals surface area contributed by atoms with E-state index in [1.54, 1.807) is 61.5 Å². The molecule has 220 valence electrons. The second kappa shape index (κ2) is 13.6. The molecule has 0 radical (unpaired) electrons. The van der Waals surface area contributed by atoms with Crippen molar-refractivity contribution in [3.63, 3.8) is 0 Å². The second-order valence-electron chi connectivity index (χ2n) is 9.18. The Labute approximate surface area is 246 Å². The van der Waals surface area contributed by atoms with Crippen LogP contribution in [-0.4, -0.2) is 50.5 Å². The van der Waals surface area contributed by atoms with Crippen molar-refractivity contribution in [2.24, 2.45) is 0 Å². The van der Waals surface area contributed by atoms with Crippen LogP contribution in [0.2, 0.25) is 10.0 Å². The summed E-state index contributed by atoms with van der Waals surface area (Å²) in [5.74, 6) is -1.31. The average Bonchev–Trinajstić information content (AvgIpc) is 2.90. The minimum absolute atomic E-state index is 0.0925. The molecule has 0 aliphatic heterocycles. The number of alkyl halides is 3. The zero-order valence-corrected chi connectivity index (χ0v) is 24.5. The van der Waals surface area contributed by atoms with E-state index in [-0.39, 0.29) is 24.5 Å². The molecular weight excluding hydrogens is 602 g/mol. The highest BCUT2D eigenvalue weighted by Crippen LogP contribution is 2.36. The van der Waals surface area contributed by atoms with Crippen molar-refractivity contribution in [2.45, 2.75) is 32.1 Å². The highest BCUT2D eigenvalue weighted by molar-refractivity contribution is 7.92. The molecule has 3 rings (SSSR count). The maximum absolute atomic E-state index is 13.9. The van der Waals surface area contributed by atoms with Gasteiger partial charge >= 0.3 is 6.18 Å². The monoisotopic (exact) mass is 629 g/mol. The summed E-state index contributed by atoms with van der Waals surface area (Å²) in [5, 5.41) is 2.85. The number of sulfonamides is 1. The fourth-order valence-corrected chi connectivity index (χ4v) is 5.36. The number of likely N-dealkylation sites (N-methyl/N-ethyl adjacent to an activating group) is 1. The zero-order chi connectivity index (χ0) is 30.4. The first-order chi connectivity index (χ1) is 19.2. The number of nitrogens with one attached hydrogen (secondary N) is 1. The van der Waals surface area contributed by atoms with Gasteiger partial charge in [-0.25, -0.2) is 8.42 Å². The number of halogens is 5. The van der Waals surface area contributed by atoms with Gasteiger partial charge < -0.3 is 10.2 Å². The number of hydrogen-bond acceptors (Lipinski definition) is 4. The van der Waals surface area contributed by atoms with Crippen molar-refractivity contribution in [1.82, 2.24) is 10.2 Å². The molecule has 0 aliphatic rings. The van der Waals surface area contributed by atoms with E-state index in [4.69, 9.17) is 23.2 Å². The van der Waals surface area contributed by atoms with Gasteiger partial charge in [-0.1, -0.05) is 65.7 Å². The van der Waals surface area contributed by atoms with Crippen LogP contribution >= 0.6 is 23.2 Å². The lowest BCUT2D eigenvalue weighted by atomic mass is 10.0. The van der Waals surface area contributed by atoms with Gasteiger partial charge in [0.2, 0.25) is 21.8 Å². The number of anilines is 1. The van der Waals surface area contributed by atoms with Crippen molar-refractivity contribution in [2.75, 3.05) is 23.7 Å². The molecule has 0 bridgehead atoms. The van der Waals surface area contributed by atoms with E-state index in [0.717, 1.165) is 17.9 Å². The number of carbonyl (C=O) groups excluding carboxylic acids is 2. The van der Waals surface area contributed by atoms with Gasteiger partial charge in [0.05, 0.1) is 22.5 Å². The van der Waals surface area contributed by atoms with Gasteiger partial charge in [0.15, 0.2) is 0 Å². The predicted molar refractivity (Wildman–Crippen MR) is 153 cm³/mol. The standard InChI is InChI=1S/C28H28Cl2F3N3O4S/c1-3-34-27(38)25(15-19-7-5-4-6-8-19)35(17-20-9-12-22(29)13-10-20)26(37)18-36(41(2,39)40)24-16-21(28(31,32)33)11-14-23(24)30/h4-14,16,25H,3,15,17-18H2,1-2H3,(H,34,38)/t25-/m1/s1. The summed E-state index contributed by atoms with van der Waals surface area (Å²) in [6.45, 7) is 0.961. The van der Waals surface area contributed by atoms with E-state index in [9.17, 15) is 31.2 Å². The molecule has 1 atom stereocenters. The summed E-state index contributed by atoms with van der Waals surface area (Å²) < 4.78 is 66.5. The zero-order valence-electron chi connectivity index (χ0n) is 22.2. The number of hydrogen-bond donors (Lipinski definition) is 1. The van der Waals surface area contributed by atoms with Gasteiger partial charge in [-0.05, 0) is 48.4 Å². The Morgan fingerprint density at radius 3 is 2.15 bits per heavy atom. The summed E-state index contributed by atoms with van der Waals surface area (Å²) in [7, 11) is -4.31. The molecule has 0 unspecified atom stereocenters. The normalized spacial score (nSPS) is 12.5. The third-order valence-electron chi connectivity index (χ3n) is 6.11. The summed E-state index contributed by atoms with van der Waals surface area (Å²) in [6, 6.07) is 16.5. The molecule has 2 amide bonds. The lowest BCUT2D eigenvalue weighted by Crippen LogP contribution is -2.53. The molecule has 1 N–H and O–H groups in total. The molecule has 3 aromatic carbocycles. The van der Waals surface area contributed by atoms with Crippen LogP contribution in [0.4, 0.5) is 18.9 Å². The molecule has 0 aromatic heterocycles.